The van der Waals surface area contributed by atoms with Crippen LogP contribution in [-0.4, -0.2) is 60.4 Å². The number of aromatic nitrogens is 1. The predicted octanol–water partition coefficient (Wildman–Crippen LogP) is -0.0852. The maximum Gasteiger partial charge on any atom is 0.268 e. The molecule has 2 heterocycles. The summed E-state index contributed by atoms with van der Waals surface area (Å²) in [7, 11) is 0. The van der Waals surface area contributed by atoms with Gasteiger partial charge in [0.15, 0.2) is 0 Å². The Kier molecular flexibility index (Phi) is 5.26. The van der Waals surface area contributed by atoms with Gasteiger partial charge in [0, 0.05) is 32.4 Å². The van der Waals surface area contributed by atoms with E-state index in [4.69, 9.17) is 0 Å². The molecular formula is C13H18F2N4O2. The molecule has 0 aromatic carbocycles. The summed E-state index contributed by atoms with van der Waals surface area (Å²) in [5, 5.41) is 5.61. The molecule has 0 aliphatic carbocycles. The molecule has 0 spiro atoms. The molecule has 2 N–H and O–H groups in total. The van der Waals surface area contributed by atoms with Crippen molar-refractivity contribution >= 4 is 11.8 Å². The maximum atomic E-state index is 12.4. The smallest absolute Gasteiger partial charge is 0.268 e. The lowest BCUT2D eigenvalue weighted by molar-refractivity contribution is -0.130. The minimum atomic E-state index is -2.54. The second-order valence-electron chi connectivity index (χ2n) is 4.75. The minimum absolute atomic E-state index is 0.126. The van der Waals surface area contributed by atoms with Gasteiger partial charge >= 0.3 is 0 Å². The van der Waals surface area contributed by atoms with E-state index in [1.165, 1.54) is 22.9 Å². The molecule has 6 nitrogen and oxygen atoms in total. The van der Waals surface area contributed by atoms with Crippen LogP contribution in [0.15, 0.2) is 18.3 Å². The van der Waals surface area contributed by atoms with E-state index in [1.807, 2.05) is 0 Å². The lowest BCUT2D eigenvalue weighted by Gasteiger charge is -2.27. The van der Waals surface area contributed by atoms with Crippen molar-refractivity contribution < 1.29 is 18.4 Å². The molecule has 21 heavy (non-hydrogen) atoms. The van der Waals surface area contributed by atoms with E-state index < -0.39 is 18.9 Å². The van der Waals surface area contributed by atoms with Gasteiger partial charge in [0.05, 0.1) is 13.1 Å². The van der Waals surface area contributed by atoms with Crippen LogP contribution in [0.4, 0.5) is 8.78 Å². The summed E-state index contributed by atoms with van der Waals surface area (Å²) < 4.78 is 25.9. The molecule has 0 saturated carbocycles. The number of nitrogens with one attached hydrogen (secondary N) is 2. The van der Waals surface area contributed by atoms with Crippen molar-refractivity contribution in [1.82, 2.24) is 20.1 Å². The summed E-state index contributed by atoms with van der Waals surface area (Å²) in [5.41, 5.74) is 0.128. The standard InChI is InChI=1S/C13H18F2N4O2/c14-11(15)9-19-5-1-2-10(19)13(21)17-8-12(20)18-6-3-16-4-7-18/h1-2,5,11,16H,3-4,6-9H2,(H,17,21). The molecule has 1 fully saturated rings. The molecule has 1 aliphatic heterocycles. The zero-order valence-corrected chi connectivity index (χ0v) is 11.5. The maximum absolute atomic E-state index is 12.4. The van der Waals surface area contributed by atoms with Gasteiger partial charge < -0.3 is 20.1 Å². The van der Waals surface area contributed by atoms with Crippen LogP contribution in [0.1, 0.15) is 10.5 Å². The lowest BCUT2D eigenvalue weighted by Crippen LogP contribution is -2.49. The minimum Gasteiger partial charge on any atom is -0.342 e. The number of carbonyl (C=O) groups is 2. The molecule has 1 aromatic rings. The SMILES string of the molecule is O=C(NCC(=O)N1CCNCC1)c1cccn1CC(F)F. The molecular weight excluding hydrogens is 282 g/mol. The van der Waals surface area contributed by atoms with Crippen molar-refractivity contribution in [2.45, 2.75) is 13.0 Å². The van der Waals surface area contributed by atoms with E-state index in [2.05, 4.69) is 10.6 Å². The van der Waals surface area contributed by atoms with Crippen LogP contribution in [-0.2, 0) is 11.3 Å². The van der Waals surface area contributed by atoms with Crippen molar-refractivity contribution in [3.05, 3.63) is 24.0 Å². The molecule has 2 amide bonds. The highest BCUT2D eigenvalue weighted by Gasteiger charge is 2.18. The Bertz CT molecular complexity index is 498. The second-order valence-corrected chi connectivity index (χ2v) is 4.75. The third-order valence-corrected chi connectivity index (χ3v) is 3.27. The van der Waals surface area contributed by atoms with Crippen LogP contribution in [0.3, 0.4) is 0 Å². The second kappa shape index (κ2) is 7.16. The summed E-state index contributed by atoms with van der Waals surface area (Å²) in [4.78, 5) is 25.5. The number of hydrogen-bond acceptors (Lipinski definition) is 3. The summed E-state index contributed by atoms with van der Waals surface area (Å²) in [6.45, 7) is 2.01. The molecule has 0 bridgehead atoms. The first-order valence-corrected chi connectivity index (χ1v) is 6.78. The van der Waals surface area contributed by atoms with Gasteiger partial charge in [-0.3, -0.25) is 9.59 Å². The number of hydrogen-bond donors (Lipinski definition) is 2. The largest absolute Gasteiger partial charge is 0.342 e. The molecule has 0 atom stereocenters. The average molecular weight is 300 g/mol. The van der Waals surface area contributed by atoms with Gasteiger partial charge in [0.1, 0.15) is 5.69 Å². The van der Waals surface area contributed by atoms with Gasteiger partial charge in [-0.25, -0.2) is 8.78 Å². The zero-order valence-electron chi connectivity index (χ0n) is 11.5. The molecule has 1 aromatic heterocycles. The van der Waals surface area contributed by atoms with E-state index in [1.54, 1.807) is 4.90 Å². The molecule has 116 valence electrons. The quantitative estimate of drug-likeness (QED) is 0.799. The number of carbonyl (C=O) groups excluding carboxylic acids is 2. The molecule has 1 aliphatic rings. The first-order chi connectivity index (χ1) is 10.1. The molecule has 8 heteroatoms. The van der Waals surface area contributed by atoms with Gasteiger partial charge in [-0.2, -0.15) is 0 Å². The molecule has 1 saturated heterocycles. The number of rotatable bonds is 5. The highest BCUT2D eigenvalue weighted by molar-refractivity contribution is 5.95. The summed E-state index contributed by atoms with van der Waals surface area (Å²) >= 11 is 0. The van der Waals surface area contributed by atoms with Crippen molar-refractivity contribution in [3.63, 3.8) is 0 Å². The normalized spacial score (nSPS) is 15.3. The molecule has 0 unspecified atom stereocenters. The Morgan fingerprint density at radius 1 is 1.33 bits per heavy atom. The third kappa shape index (κ3) is 4.25. The van der Waals surface area contributed by atoms with Gasteiger partial charge in [-0.05, 0) is 12.1 Å². The highest BCUT2D eigenvalue weighted by Crippen LogP contribution is 2.06. The van der Waals surface area contributed by atoms with Crippen molar-refractivity contribution in [1.29, 1.82) is 0 Å². The van der Waals surface area contributed by atoms with E-state index in [0.29, 0.717) is 13.1 Å². The Morgan fingerprint density at radius 2 is 2.05 bits per heavy atom. The van der Waals surface area contributed by atoms with Crippen LogP contribution in [0.2, 0.25) is 0 Å². The Balaban J connectivity index is 1.86. The van der Waals surface area contributed by atoms with E-state index >= 15 is 0 Å². The Morgan fingerprint density at radius 3 is 2.71 bits per heavy atom. The summed E-state index contributed by atoms with van der Waals surface area (Å²) in [6, 6.07) is 2.97. The third-order valence-electron chi connectivity index (χ3n) is 3.27. The fourth-order valence-corrected chi connectivity index (χ4v) is 2.20. The van der Waals surface area contributed by atoms with E-state index in [-0.39, 0.29) is 18.1 Å². The van der Waals surface area contributed by atoms with Crippen molar-refractivity contribution in [2.75, 3.05) is 32.7 Å². The van der Waals surface area contributed by atoms with E-state index in [9.17, 15) is 18.4 Å². The van der Waals surface area contributed by atoms with Crippen LogP contribution in [0, 0.1) is 0 Å². The Hall–Kier alpha value is -1.96. The molecule has 0 radical (unpaired) electrons. The number of amides is 2. The number of alkyl halides is 2. The first-order valence-electron chi connectivity index (χ1n) is 6.78. The monoisotopic (exact) mass is 300 g/mol. The zero-order chi connectivity index (χ0) is 15.2. The predicted molar refractivity (Wildman–Crippen MR) is 72.2 cm³/mol. The highest BCUT2D eigenvalue weighted by atomic mass is 19.3. The summed E-state index contributed by atoms with van der Waals surface area (Å²) in [6.07, 6.45) is -1.12. The van der Waals surface area contributed by atoms with Crippen LogP contribution in [0.25, 0.3) is 0 Å². The van der Waals surface area contributed by atoms with Gasteiger partial charge in [-0.15, -0.1) is 0 Å². The van der Waals surface area contributed by atoms with E-state index in [0.717, 1.165) is 13.1 Å². The Labute approximate surface area is 121 Å². The fraction of sp³-hybridized carbons (Fsp3) is 0.538. The average Bonchev–Trinajstić information content (AvgIpc) is 2.92. The van der Waals surface area contributed by atoms with Gasteiger partial charge in [0.2, 0.25) is 5.91 Å². The topological polar surface area (TPSA) is 66.4 Å². The van der Waals surface area contributed by atoms with Crippen LogP contribution >= 0.6 is 0 Å². The van der Waals surface area contributed by atoms with Gasteiger partial charge in [-0.1, -0.05) is 0 Å². The first kappa shape index (κ1) is 15.4. The van der Waals surface area contributed by atoms with Crippen LogP contribution in [0.5, 0.6) is 0 Å². The molecule has 2 rings (SSSR count). The van der Waals surface area contributed by atoms with Crippen LogP contribution < -0.4 is 10.6 Å². The summed E-state index contributed by atoms with van der Waals surface area (Å²) in [5.74, 6) is -0.694. The van der Waals surface area contributed by atoms with Gasteiger partial charge in [0.25, 0.3) is 12.3 Å². The van der Waals surface area contributed by atoms with Crippen molar-refractivity contribution in [3.8, 4) is 0 Å². The number of halogens is 2. The lowest BCUT2D eigenvalue weighted by atomic mass is 10.3. The van der Waals surface area contributed by atoms with Crippen molar-refractivity contribution in [2.24, 2.45) is 0 Å². The number of piperazine rings is 1. The fourth-order valence-electron chi connectivity index (χ4n) is 2.20. The number of nitrogens with zero attached hydrogens (tertiary/aromatic N) is 2.